The number of hydrogen-bond donors (Lipinski definition) is 0. The van der Waals surface area contributed by atoms with Crippen molar-refractivity contribution in [2.75, 3.05) is 0 Å². The summed E-state index contributed by atoms with van der Waals surface area (Å²) in [6.45, 7) is 0. The van der Waals surface area contributed by atoms with E-state index in [4.69, 9.17) is 9.40 Å². The molecule has 7 aromatic carbocycles. The molecule has 0 aliphatic carbocycles. The third-order valence-electron chi connectivity index (χ3n) is 9.37. The highest BCUT2D eigenvalue weighted by Gasteiger charge is 2.22. The Morgan fingerprint density at radius 3 is 1.91 bits per heavy atom. The summed E-state index contributed by atoms with van der Waals surface area (Å²) < 4.78 is 9.09. The van der Waals surface area contributed by atoms with Crippen molar-refractivity contribution in [3.63, 3.8) is 0 Å². The highest BCUT2D eigenvalue weighted by Crippen LogP contribution is 2.45. The van der Waals surface area contributed by atoms with Crippen LogP contribution in [-0.2, 0) is 0 Å². The Balaban J connectivity index is 1.24. The lowest BCUT2D eigenvalue weighted by molar-refractivity contribution is 0.671. The van der Waals surface area contributed by atoms with Gasteiger partial charge in [-0.25, -0.2) is 4.98 Å². The van der Waals surface area contributed by atoms with Crippen molar-refractivity contribution >= 4 is 65.4 Å². The third kappa shape index (κ3) is 3.57. The molecule has 0 spiro atoms. The van der Waals surface area contributed by atoms with Crippen molar-refractivity contribution in [2.24, 2.45) is 0 Å². The predicted octanol–water partition coefficient (Wildman–Crippen LogP) is 11.7. The van der Waals surface area contributed by atoms with Gasteiger partial charge in [0.1, 0.15) is 5.58 Å². The van der Waals surface area contributed by atoms with Crippen LogP contribution in [-0.4, -0.2) is 9.55 Å². The Hall–Kier alpha value is -6.19. The van der Waals surface area contributed by atoms with Crippen molar-refractivity contribution in [2.45, 2.75) is 0 Å². The zero-order chi connectivity index (χ0) is 30.2. The van der Waals surface area contributed by atoms with E-state index >= 15 is 0 Å². The molecule has 0 N–H and O–H groups in total. The summed E-state index contributed by atoms with van der Waals surface area (Å²) in [7, 11) is 0. The van der Waals surface area contributed by atoms with E-state index < -0.39 is 0 Å². The summed E-state index contributed by atoms with van der Waals surface area (Å²) >= 11 is 0. The first kappa shape index (κ1) is 25.2. The quantitative estimate of drug-likeness (QED) is 0.206. The van der Waals surface area contributed by atoms with Crippen LogP contribution in [0.3, 0.4) is 0 Å². The van der Waals surface area contributed by atoms with Gasteiger partial charge in [-0.2, -0.15) is 0 Å². The van der Waals surface area contributed by atoms with Crippen molar-refractivity contribution in [1.29, 1.82) is 0 Å². The molecular formula is C43H26N2O. The van der Waals surface area contributed by atoms with Gasteiger partial charge in [0, 0.05) is 38.2 Å². The summed E-state index contributed by atoms with van der Waals surface area (Å²) in [5.41, 5.74) is 10.5. The molecule has 46 heavy (non-hydrogen) atoms. The normalized spacial score (nSPS) is 11.9. The zero-order valence-corrected chi connectivity index (χ0v) is 24.8. The second-order valence-corrected chi connectivity index (χ2v) is 11.9. The number of fused-ring (bicyclic) bond motifs is 11. The topological polar surface area (TPSA) is 31.0 Å². The molecule has 214 valence electrons. The highest BCUT2D eigenvalue weighted by atomic mass is 16.3. The fraction of sp³-hybridized carbons (Fsp3) is 0. The first-order valence-corrected chi connectivity index (χ1v) is 15.6. The molecule has 0 amide bonds. The van der Waals surface area contributed by atoms with E-state index in [1.807, 2.05) is 6.07 Å². The molecule has 10 rings (SSSR count). The molecule has 0 bridgehead atoms. The highest BCUT2D eigenvalue weighted by molar-refractivity contribution is 6.35. The van der Waals surface area contributed by atoms with Crippen LogP contribution < -0.4 is 0 Å². The minimum atomic E-state index is 0.902. The number of aromatic nitrogens is 2. The van der Waals surface area contributed by atoms with Crippen molar-refractivity contribution in [3.8, 4) is 28.1 Å². The molecule has 0 atom stereocenters. The van der Waals surface area contributed by atoms with Crippen molar-refractivity contribution in [3.05, 3.63) is 158 Å². The van der Waals surface area contributed by atoms with Gasteiger partial charge in [0.05, 0.1) is 22.2 Å². The summed E-state index contributed by atoms with van der Waals surface area (Å²) in [6.07, 6.45) is 0. The number of para-hydroxylation sites is 3. The fourth-order valence-electron chi connectivity index (χ4n) is 7.36. The second kappa shape index (κ2) is 9.65. The molecular weight excluding hydrogens is 560 g/mol. The van der Waals surface area contributed by atoms with E-state index in [1.165, 1.54) is 32.7 Å². The average Bonchev–Trinajstić information content (AvgIpc) is 3.69. The van der Waals surface area contributed by atoms with Crippen LogP contribution in [0.4, 0.5) is 0 Å². The number of nitrogens with zero attached hydrogens (tertiary/aromatic N) is 2. The minimum absolute atomic E-state index is 0.902. The molecule has 0 fully saturated rings. The number of hydrogen-bond acceptors (Lipinski definition) is 2. The lowest BCUT2D eigenvalue weighted by Crippen LogP contribution is -1.95. The maximum Gasteiger partial charge on any atom is 0.160 e. The number of rotatable bonds is 3. The molecule has 0 aliphatic rings. The summed E-state index contributed by atoms with van der Waals surface area (Å²) in [4.78, 5) is 5.10. The van der Waals surface area contributed by atoms with Crippen LogP contribution in [0.2, 0.25) is 0 Å². The molecule has 3 aromatic heterocycles. The Morgan fingerprint density at radius 2 is 1.11 bits per heavy atom. The van der Waals surface area contributed by atoms with E-state index in [1.54, 1.807) is 0 Å². The third-order valence-corrected chi connectivity index (χ3v) is 9.37. The van der Waals surface area contributed by atoms with E-state index in [9.17, 15) is 0 Å². The van der Waals surface area contributed by atoms with Crippen molar-refractivity contribution < 1.29 is 4.42 Å². The molecule has 0 radical (unpaired) electrons. The molecule has 0 aliphatic heterocycles. The minimum Gasteiger partial charge on any atom is -0.454 e. The number of furan rings is 1. The van der Waals surface area contributed by atoms with E-state index in [2.05, 4.69) is 156 Å². The van der Waals surface area contributed by atoms with Gasteiger partial charge in [-0.3, -0.25) is 0 Å². The van der Waals surface area contributed by atoms with Crippen LogP contribution >= 0.6 is 0 Å². The lowest BCUT2D eigenvalue weighted by Gasteiger charge is -2.12. The molecule has 0 saturated heterocycles. The van der Waals surface area contributed by atoms with Crippen LogP contribution in [0.1, 0.15) is 0 Å². The first-order chi connectivity index (χ1) is 22.8. The molecule has 0 saturated carbocycles. The standard InChI is InChI=1S/C43H26N2O/c1-2-12-27(13-3-1)35-26-37(44-36-19-9-6-14-30(35)36)28-22-24-29(25-23-28)45-38-20-10-7-17-33(38)40-31-15-4-5-16-32(31)41-34-18-8-11-21-39(34)46-43(41)42(40)45/h1-26H. The summed E-state index contributed by atoms with van der Waals surface area (Å²) in [5.74, 6) is 0. The van der Waals surface area contributed by atoms with Gasteiger partial charge in [0.2, 0.25) is 0 Å². The predicted molar refractivity (Wildman–Crippen MR) is 192 cm³/mol. The second-order valence-electron chi connectivity index (χ2n) is 11.9. The monoisotopic (exact) mass is 586 g/mol. The molecule has 0 unspecified atom stereocenters. The molecule has 3 heterocycles. The smallest absolute Gasteiger partial charge is 0.160 e. The fourth-order valence-corrected chi connectivity index (χ4v) is 7.36. The van der Waals surface area contributed by atoms with Crippen LogP contribution in [0.15, 0.2) is 162 Å². The summed E-state index contributed by atoms with van der Waals surface area (Å²) in [5, 5.41) is 8.32. The number of benzene rings is 7. The molecule has 3 nitrogen and oxygen atoms in total. The van der Waals surface area contributed by atoms with Gasteiger partial charge in [-0.15, -0.1) is 0 Å². The van der Waals surface area contributed by atoms with Crippen molar-refractivity contribution in [1.82, 2.24) is 9.55 Å². The van der Waals surface area contributed by atoms with Crippen LogP contribution in [0.25, 0.3) is 93.5 Å². The SMILES string of the molecule is c1ccc(-c2cc(-c3ccc(-n4c5ccccc5c5c6ccccc6c6c7ccccc7oc6c54)cc3)nc3ccccc23)cc1. The van der Waals surface area contributed by atoms with Crippen LogP contribution in [0, 0.1) is 0 Å². The Bertz CT molecular complexity index is 2790. The van der Waals surface area contributed by atoms with Gasteiger partial charge < -0.3 is 8.98 Å². The van der Waals surface area contributed by atoms with Gasteiger partial charge in [-0.1, -0.05) is 121 Å². The Morgan fingerprint density at radius 1 is 0.478 bits per heavy atom. The molecule has 3 heteroatoms. The average molecular weight is 587 g/mol. The Kier molecular flexibility index (Phi) is 5.28. The number of pyridine rings is 1. The van der Waals surface area contributed by atoms with Gasteiger partial charge in [0.25, 0.3) is 0 Å². The maximum atomic E-state index is 6.72. The van der Waals surface area contributed by atoms with E-state index in [0.717, 1.165) is 60.8 Å². The van der Waals surface area contributed by atoms with Gasteiger partial charge in [0.15, 0.2) is 5.58 Å². The lowest BCUT2D eigenvalue weighted by atomic mass is 9.98. The van der Waals surface area contributed by atoms with E-state index in [-0.39, 0.29) is 0 Å². The van der Waals surface area contributed by atoms with Gasteiger partial charge >= 0.3 is 0 Å². The molecule has 10 aromatic rings. The van der Waals surface area contributed by atoms with E-state index in [0.29, 0.717) is 0 Å². The first-order valence-electron chi connectivity index (χ1n) is 15.6. The maximum absolute atomic E-state index is 6.72. The zero-order valence-electron chi connectivity index (χ0n) is 24.8. The van der Waals surface area contributed by atoms with Gasteiger partial charge in [-0.05, 0) is 58.3 Å². The Labute approximate surface area is 264 Å². The largest absolute Gasteiger partial charge is 0.454 e. The summed E-state index contributed by atoms with van der Waals surface area (Å²) in [6, 6.07) is 55.8. The van der Waals surface area contributed by atoms with Crippen LogP contribution in [0.5, 0.6) is 0 Å².